The summed E-state index contributed by atoms with van der Waals surface area (Å²) in [6, 6.07) is 5.01. The summed E-state index contributed by atoms with van der Waals surface area (Å²) in [5, 5.41) is 10.9. The number of Topliss-reactive ketones (excluding diaryl/α,β-unsaturated/α-hetero) is 1. The second kappa shape index (κ2) is 8.45. The molecule has 6 heteroatoms. The van der Waals surface area contributed by atoms with Crippen molar-refractivity contribution in [3.63, 3.8) is 0 Å². The van der Waals surface area contributed by atoms with Crippen LogP contribution in [0.25, 0.3) is 0 Å². The van der Waals surface area contributed by atoms with E-state index in [4.69, 9.17) is 4.74 Å². The van der Waals surface area contributed by atoms with Gasteiger partial charge in [-0.3, -0.25) is 9.79 Å². The van der Waals surface area contributed by atoms with Crippen LogP contribution in [0.15, 0.2) is 23.2 Å². The number of aliphatic imine (C=N–C) groups is 1. The molecule has 0 bridgehead atoms. The molecule has 0 saturated heterocycles. The molecule has 0 atom stereocenters. The van der Waals surface area contributed by atoms with Crippen molar-refractivity contribution in [3.8, 4) is 11.5 Å². The number of nitrogens with zero attached hydrogens (tertiary/aromatic N) is 2. The minimum atomic E-state index is -0.00366. The van der Waals surface area contributed by atoms with E-state index in [1.54, 1.807) is 24.4 Å². The minimum Gasteiger partial charge on any atom is -0.504 e. The third-order valence-electron chi connectivity index (χ3n) is 4.70. The summed E-state index contributed by atoms with van der Waals surface area (Å²) in [6.07, 6.45) is 7.77. The van der Waals surface area contributed by atoms with Crippen LogP contribution in [0.2, 0.25) is 0 Å². The Bertz CT molecular complexity index is 807. The van der Waals surface area contributed by atoms with Crippen molar-refractivity contribution in [1.82, 2.24) is 4.98 Å². The fraction of sp³-hybridized carbons (Fsp3) is 0.450. The monoisotopic (exact) mass is 372 g/mol. The number of ether oxygens (including phenoxy) is 1. The molecule has 3 rings (SSSR count). The summed E-state index contributed by atoms with van der Waals surface area (Å²) < 4.78 is 5.01. The van der Waals surface area contributed by atoms with Gasteiger partial charge in [-0.25, -0.2) is 4.98 Å². The predicted molar refractivity (Wildman–Crippen MR) is 104 cm³/mol. The zero-order valence-corrected chi connectivity index (χ0v) is 16.0. The quantitative estimate of drug-likeness (QED) is 0.598. The van der Waals surface area contributed by atoms with Crippen LogP contribution in [0.4, 0.5) is 0 Å². The Morgan fingerprint density at radius 2 is 2.15 bits per heavy atom. The Morgan fingerprint density at radius 1 is 1.38 bits per heavy atom. The summed E-state index contributed by atoms with van der Waals surface area (Å²) in [5.41, 5.74) is 1.54. The maximum atomic E-state index is 12.5. The van der Waals surface area contributed by atoms with Crippen LogP contribution in [-0.2, 0) is 0 Å². The number of phenolic OH excluding ortho intramolecular Hbond substituents is 1. The number of rotatable bonds is 6. The highest BCUT2D eigenvalue weighted by Gasteiger charge is 2.22. The number of aryl methyl sites for hydroxylation is 1. The van der Waals surface area contributed by atoms with Gasteiger partial charge < -0.3 is 9.84 Å². The lowest BCUT2D eigenvalue weighted by Crippen LogP contribution is -2.03. The standard InChI is InChI=1S/C20H24N2O3S/c1-13-19(26-20(22-13)15-6-4-3-5-7-15)17(24)12-21-11-14-8-9-18(25-2)16(23)10-14/h8-11,15,23H,3-7,12H2,1-2H3. The van der Waals surface area contributed by atoms with Crippen LogP contribution >= 0.6 is 11.3 Å². The van der Waals surface area contributed by atoms with E-state index in [0.29, 0.717) is 11.7 Å². The van der Waals surface area contributed by atoms with Crippen molar-refractivity contribution in [2.75, 3.05) is 13.7 Å². The fourth-order valence-corrected chi connectivity index (χ4v) is 4.46. The van der Waals surface area contributed by atoms with E-state index in [0.717, 1.165) is 21.1 Å². The van der Waals surface area contributed by atoms with Crippen LogP contribution in [-0.4, -0.2) is 35.7 Å². The van der Waals surface area contributed by atoms with E-state index < -0.39 is 0 Å². The number of carbonyl (C=O) groups excluding carboxylic acids is 1. The summed E-state index contributed by atoms with van der Waals surface area (Å²) in [6.45, 7) is 1.99. The van der Waals surface area contributed by atoms with Gasteiger partial charge in [0.1, 0.15) is 6.54 Å². The van der Waals surface area contributed by atoms with Crippen molar-refractivity contribution in [1.29, 1.82) is 0 Å². The second-order valence-electron chi connectivity index (χ2n) is 6.63. The largest absolute Gasteiger partial charge is 0.504 e. The zero-order chi connectivity index (χ0) is 18.5. The second-order valence-corrected chi connectivity index (χ2v) is 7.66. The number of aromatic nitrogens is 1. The number of hydrogen-bond donors (Lipinski definition) is 1. The fourth-order valence-electron chi connectivity index (χ4n) is 3.29. The summed E-state index contributed by atoms with van der Waals surface area (Å²) in [7, 11) is 1.50. The molecule has 5 nitrogen and oxygen atoms in total. The first-order chi connectivity index (χ1) is 12.6. The third kappa shape index (κ3) is 4.30. The van der Waals surface area contributed by atoms with Crippen molar-refractivity contribution >= 4 is 23.3 Å². The Balaban J connectivity index is 1.64. The van der Waals surface area contributed by atoms with Gasteiger partial charge >= 0.3 is 0 Å². The van der Waals surface area contributed by atoms with Gasteiger partial charge in [-0.2, -0.15) is 0 Å². The number of benzene rings is 1. The molecule has 1 aliphatic carbocycles. The number of carbonyl (C=O) groups is 1. The smallest absolute Gasteiger partial charge is 0.195 e. The molecule has 0 spiro atoms. The van der Waals surface area contributed by atoms with Crippen LogP contribution in [0.3, 0.4) is 0 Å². The molecule has 0 unspecified atom stereocenters. The highest BCUT2D eigenvalue weighted by atomic mass is 32.1. The van der Waals surface area contributed by atoms with Crippen molar-refractivity contribution in [2.24, 2.45) is 4.99 Å². The van der Waals surface area contributed by atoms with Gasteiger partial charge in [0.05, 0.1) is 22.7 Å². The molecule has 1 aromatic carbocycles. The van der Waals surface area contributed by atoms with Crippen LogP contribution < -0.4 is 4.74 Å². The van der Waals surface area contributed by atoms with Gasteiger partial charge in [0.15, 0.2) is 17.3 Å². The first-order valence-corrected chi connectivity index (χ1v) is 9.77. The molecule has 0 radical (unpaired) electrons. The first kappa shape index (κ1) is 18.6. The maximum Gasteiger partial charge on any atom is 0.195 e. The normalized spacial score (nSPS) is 15.5. The molecule has 1 aliphatic rings. The lowest BCUT2D eigenvalue weighted by Gasteiger charge is -2.18. The van der Waals surface area contributed by atoms with Crippen LogP contribution in [0.5, 0.6) is 11.5 Å². The van der Waals surface area contributed by atoms with Crippen molar-refractivity contribution in [3.05, 3.63) is 39.3 Å². The minimum absolute atomic E-state index is 0.00366. The Labute approximate surface area is 157 Å². The van der Waals surface area contributed by atoms with Crippen molar-refractivity contribution in [2.45, 2.75) is 44.9 Å². The number of aromatic hydroxyl groups is 1. The molecule has 1 heterocycles. The Morgan fingerprint density at radius 3 is 2.85 bits per heavy atom. The highest BCUT2D eigenvalue weighted by Crippen LogP contribution is 2.36. The van der Waals surface area contributed by atoms with Gasteiger partial charge in [-0.05, 0) is 43.5 Å². The molecule has 1 aromatic heterocycles. The van der Waals surface area contributed by atoms with E-state index in [-0.39, 0.29) is 18.1 Å². The average Bonchev–Trinajstić information content (AvgIpc) is 3.04. The number of thiazole rings is 1. The molecule has 1 N–H and O–H groups in total. The van der Waals surface area contributed by atoms with Gasteiger partial charge in [0.25, 0.3) is 0 Å². The number of ketones is 1. The van der Waals surface area contributed by atoms with E-state index in [9.17, 15) is 9.90 Å². The van der Waals surface area contributed by atoms with Gasteiger partial charge in [0.2, 0.25) is 0 Å². The van der Waals surface area contributed by atoms with E-state index in [2.05, 4.69) is 9.98 Å². The molecule has 1 saturated carbocycles. The van der Waals surface area contributed by atoms with Crippen LogP contribution in [0.1, 0.15) is 64.0 Å². The summed E-state index contributed by atoms with van der Waals surface area (Å²) in [5.74, 6) is 0.975. The molecule has 2 aromatic rings. The maximum absolute atomic E-state index is 12.5. The third-order valence-corrected chi connectivity index (χ3v) is 6.06. The predicted octanol–water partition coefficient (Wildman–Crippen LogP) is 4.52. The SMILES string of the molecule is COc1ccc(C=NCC(=O)c2sc(C3CCCCC3)nc2C)cc1O. The van der Waals surface area contributed by atoms with Gasteiger partial charge in [0, 0.05) is 12.1 Å². The number of hydrogen-bond acceptors (Lipinski definition) is 6. The summed E-state index contributed by atoms with van der Waals surface area (Å²) >= 11 is 1.54. The lowest BCUT2D eigenvalue weighted by atomic mass is 9.90. The highest BCUT2D eigenvalue weighted by molar-refractivity contribution is 7.14. The lowest BCUT2D eigenvalue weighted by molar-refractivity contribution is 0.100. The molecule has 0 amide bonds. The van der Waals surface area contributed by atoms with E-state index >= 15 is 0 Å². The molecule has 138 valence electrons. The number of phenols is 1. The van der Waals surface area contributed by atoms with E-state index in [1.165, 1.54) is 50.6 Å². The molecule has 0 aliphatic heterocycles. The van der Waals surface area contributed by atoms with Crippen molar-refractivity contribution < 1.29 is 14.6 Å². The summed E-state index contributed by atoms with van der Waals surface area (Å²) in [4.78, 5) is 22.1. The van der Waals surface area contributed by atoms with E-state index in [1.807, 2.05) is 6.92 Å². The van der Waals surface area contributed by atoms with Crippen LogP contribution in [0, 0.1) is 6.92 Å². The Kier molecular flexibility index (Phi) is 6.04. The molecule has 26 heavy (non-hydrogen) atoms. The van der Waals surface area contributed by atoms with Gasteiger partial charge in [-0.15, -0.1) is 11.3 Å². The first-order valence-electron chi connectivity index (χ1n) is 8.96. The Hall–Kier alpha value is -2.21. The topological polar surface area (TPSA) is 71.8 Å². The van der Waals surface area contributed by atoms with Gasteiger partial charge in [-0.1, -0.05) is 19.3 Å². The molecule has 1 fully saturated rings. The number of methoxy groups -OCH3 is 1. The average molecular weight is 372 g/mol. The molecular formula is C20H24N2O3S. The molecular weight excluding hydrogens is 348 g/mol. The zero-order valence-electron chi connectivity index (χ0n) is 15.2.